The number of aromatic nitrogens is 3. The summed E-state index contributed by atoms with van der Waals surface area (Å²) in [7, 11) is 0. The average Bonchev–Trinajstić information content (AvgIpc) is 3.35. The van der Waals surface area contributed by atoms with E-state index in [9.17, 15) is 5.26 Å². The lowest BCUT2D eigenvalue weighted by Crippen LogP contribution is -2.28. The van der Waals surface area contributed by atoms with Crippen molar-refractivity contribution in [1.29, 1.82) is 10.7 Å². The highest BCUT2D eigenvalue weighted by Gasteiger charge is 2.22. The normalized spacial score (nSPS) is 16.7. The highest BCUT2D eigenvalue weighted by atomic mass is 15.4. The topological polar surface area (TPSA) is 157 Å². The molecule has 0 aliphatic carbocycles. The van der Waals surface area contributed by atoms with Gasteiger partial charge in [-0.1, -0.05) is 12.2 Å². The molecule has 0 unspecified atom stereocenters. The monoisotopic (exact) mass is 454 g/mol. The highest BCUT2D eigenvalue weighted by molar-refractivity contribution is 6.07. The molecule has 0 saturated carbocycles. The van der Waals surface area contributed by atoms with Crippen molar-refractivity contribution in [3.8, 4) is 17.3 Å². The van der Waals surface area contributed by atoms with Gasteiger partial charge in [0.1, 0.15) is 17.6 Å². The lowest BCUT2D eigenvalue weighted by molar-refractivity contribution is 0.373. The second kappa shape index (κ2) is 10.4. The third-order valence-electron chi connectivity index (χ3n) is 5.61. The van der Waals surface area contributed by atoms with Crippen molar-refractivity contribution >= 4 is 23.2 Å². The summed E-state index contributed by atoms with van der Waals surface area (Å²) >= 11 is 0. The Balaban J connectivity index is 1.58. The number of nitrogens with one attached hydrogen (secondary N) is 2. The maximum Gasteiger partial charge on any atom is 0.129 e. The van der Waals surface area contributed by atoms with Crippen LogP contribution in [0.25, 0.3) is 22.4 Å². The largest absolute Gasteiger partial charge is 0.404 e. The van der Waals surface area contributed by atoms with E-state index < -0.39 is 0 Å². The number of anilines is 1. The van der Waals surface area contributed by atoms with Crippen LogP contribution in [0.3, 0.4) is 0 Å². The molecule has 6 N–H and O–H groups in total. The molecule has 0 atom stereocenters. The van der Waals surface area contributed by atoms with Gasteiger partial charge in [-0.2, -0.15) is 5.26 Å². The molecule has 172 valence electrons. The van der Waals surface area contributed by atoms with Gasteiger partial charge in [-0.05, 0) is 17.7 Å². The average molecular weight is 455 g/mol. The van der Waals surface area contributed by atoms with Gasteiger partial charge in [-0.3, -0.25) is 9.88 Å². The molecular weight excluding hydrogens is 428 g/mol. The van der Waals surface area contributed by atoms with E-state index in [0.29, 0.717) is 28.2 Å². The molecule has 2 aromatic heterocycles. The number of hydrogen-bond acceptors (Lipinski definition) is 10. The number of allylic oxidation sites excluding steroid dienone is 2. The first-order chi connectivity index (χ1) is 16.7. The van der Waals surface area contributed by atoms with Crippen LogP contribution in [-0.2, 0) is 0 Å². The fraction of sp³-hybridized carbons (Fsp3) is 0.208. The Kier molecular flexibility index (Phi) is 6.95. The summed E-state index contributed by atoms with van der Waals surface area (Å²) in [5.74, 6) is 0.861. The van der Waals surface area contributed by atoms with Crippen LogP contribution < -0.4 is 21.7 Å². The minimum atomic E-state index is 0.196. The predicted octanol–water partition coefficient (Wildman–Crippen LogP) is 1.43. The second-order valence-electron chi connectivity index (χ2n) is 7.80. The molecule has 2 aliphatic rings. The van der Waals surface area contributed by atoms with Crippen LogP contribution in [0.5, 0.6) is 0 Å². The molecule has 4 heterocycles. The van der Waals surface area contributed by atoms with E-state index in [1.165, 1.54) is 24.2 Å². The van der Waals surface area contributed by atoms with Crippen LogP contribution >= 0.6 is 0 Å². The van der Waals surface area contributed by atoms with Gasteiger partial charge in [0.05, 0.1) is 29.8 Å². The maximum atomic E-state index is 9.48. The lowest BCUT2D eigenvalue weighted by Gasteiger charge is -2.20. The molecule has 0 aromatic carbocycles. The molecule has 0 amide bonds. The molecule has 10 nitrogen and oxygen atoms in total. The molecule has 0 bridgehead atoms. The smallest absolute Gasteiger partial charge is 0.129 e. The molecule has 0 radical (unpaired) electrons. The SMILES string of the molecule is N#CC(=CN)c1ncc(/C(C=N)=C/N)nc1-c1ccc(N2CCN(CC3=CNCC=C3)C2)nc1. The van der Waals surface area contributed by atoms with Gasteiger partial charge in [0, 0.05) is 68.3 Å². The van der Waals surface area contributed by atoms with Crippen molar-refractivity contribution < 1.29 is 0 Å². The Labute approximate surface area is 198 Å². The van der Waals surface area contributed by atoms with E-state index in [1.54, 1.807) is 6.20 Å². The Hall–Kier alpha value is -4.49. The van der Waals surface area contributed by atoms with Crippen molar-refractivity contribution in [2.45, 2.75) is 0 Å². The minimum absolute atomic E-state index is 0.196. The molecule has 1 fully saturated rings. The zero-order chi connectivity index (χ0) is 23.9. The molecule has 4 rings (SSSR count). The van der Waals surface area contributed by atoms with E-state index in [1.807, 2.05) is 12.1 Å². The predicted molar refractivity (Wildman–Crippen MR) is 133 cm³/mol. The molecular formula is C24H26N10. The van der Waals surface area contributed by atoms with E-state index >= 15 is 0 Å². The van der Waals surface area contributed by atoms with Gasteiger partial charge in [-0.15, -0.1) is 0 Å². The fourth-order valence-corrected chi connectivity index (χ4v) is 3.85. The summed E-state index contributed by atoms with van der Waals surface area (Å²) < 4.78 is 0. The van der Waals surface area contributed by atoms with E-state index in [0.717, 1.165) is 44.9 Å². The zero-order valence-corrected chi connectivity index (χ0v) is 18.6. The number of pyridine rings is 1. The van der Waals surface area contributed by atoms with Gasteiger partial charge >= 0.3 is 0 Å². The first-order valence-electron chi connectivity index (χ1n) is 10.8. The van der Waals surface area contributed by atoms with Gasteiger partial charge in [0.25, 0.3) is 0 Å². The van der Waals surface area contributed by atoms with Crippen molar-refractivity contribution in [3.05, 3.63) is 72.2 Å². The first kappa shape index (κ1) is 22.7. The number of hydrogen-bond donors (Lipinski definition) is 4. The number of nitrogens with zero attached hydrogens (tertiary/aromatic N) is 6. The Morgan fingerprint density at radius 3 is 2.74 bits per heavy atom. The molecule has 1 saturated heterocycles. The summed E-state index contributed by atoms with van der Waals surface area (Å²) in [6, 6.07) is 5.89. The number of nitriles is 1. The van der Waals surface area contributed by atoms with Crippen molar-refractivity contribution in [2.75, 3.05) is 37.7 Å². The van der Waals surface area contributed by atoms with Crippen LogP contribution in [-0.4, -0.2) is 58.9 Å². The number of rotatable bonds is 7. The molecule has 2 aliphatic heterocycles. The van der Waals surface area contributed by atoms with Crippen LogP contribution in [0.15, 0.2) is 60.9 Å². The lowest BCUT2D eigenvalue weighted by atomic mass is 10.1. The van der Waals surface area contributed by atoms with Crippen LogP contribution in [0.1, 0.15) is 11.4 Å². The van der Waals surface area contributed by atoms with Gasteiger partial charge in [0.2, 0.25) is 0 Å². The maximum absolute atomic E-state index is 9.48. The summed E-state index contributed by atoms with van der Waals surface area (Å²) in [5, 5.41) is 20.3. The highest BCUT2D eigenvalue weighted by Crippen LogP contribution is 2.28. The quantitative estimate of drug-likeness (QED) is 0.359. The van der Waals surface area contributed by atoms with Crippen molar-refractivity contribution in [1.82, 2.24) is 25.2 Å². The zero-order valence-electron chi connectivity index (χ0n) is 18.6. The van der Waals surface area contributed by atoms with E-state index in [-0.39, 0.29) is 5.57 Å². The van der Waals surface area contributed by atoms with Gasteiger partial charge in [-0.25, -0.2) is 9.97 Å². The van der Waals surface area contributed by atoms with E-state index in [2.05, 4.69) is 54.5 Å². The Morgan fingerprint density at radius 2 is 2.09 bits per heavy atom. The molecule has 10 heteroatoms. The molecule has 34 heavy (non-hydrogen) atoms. The van der Waals surface area contributed by atoms with Crippen molar-refractivity contribution in [2.24, 2.45) is 11.5 Å². The van der Waals surface area contributed by atoms with Crippen LogP contribution in [0.2, 0.25) is 0 Å². The number of nitrogens with two attached hydrogens (primary N) is 2. The molecule has 2 aromatic rings. The van der Waals surface area contributed by atoms with Gasteiger partial charge in [0.15, 0.2) is 0 Å². The van der Waals surface area contributed by atoms with E-state index in [4.69, 9.17) is 16.9 Å². The standard InChI is InChI=1S/C24H26N10/c25-8-19(9-26)21-14-31-23(20(10-27)11-28)24(32-21)18-3-4-22(30-13-18)34-7-6-33(16-34)15-17-2-1-5-29-12-17/h1-4,8-10,12-14,25,29H,5-7,15-16,26-27H2/b19-9+,20-10?,25-8?. The summed E-state index contributed by atoms with van der Waals surface area (Å²) in [4.78, 5) is 18.2. The summed E-state index contributed by atoms with van der Waals surface area (Å²) in [6.07, 6.45) is 13.1. The Bertz CT molecular complexity index is 1220. The number of dihydropyridines is 1. The second-order valence-corrected chi connectivity index (χ2v) is 7.80. The summed E-state index contributed by atoms with van der Waals surface area (Å²) in [5.41, 5.74) is 15.0. The van der Waals surface area contributed by atoms with Gasteiger partial charge < -0.3 is 27.1 Å². The minimum Gasteiger partial charge on any atom is -0.404 e. The van der Waals surface area contributed by atoms with Crippen molar-refractivity contribution in [3.63, 3.8) is 0 Å². The van der Waals surface area contributed by atoms with Crippen LogP contribution in [0, 0.1) is 16.7 Å². The third kappa shape index (κ3) is 4.79. The first-order valence-corrected chi connectivity index (χ1v) is 10.8. The Morgan fingerprint density at radius 1 is 1.21 bits per heavy atom. The van der Waals surface area contributed by atoms with Crippen LogP contribution in [0.4, 0.5) is 5.82 Å². The molecule has 0 spiro atoms. The third-order valence-corrected chi connectivity index (χ3v) is 5.61. The summed E-state index contributed by atoms with van der Waals surface area (Å²) in [6.45, 7) is 4.39. The fourth-order valence-electron chi connectivity index (χ4n) is 3.85.